The molecular formula is C48H37N3PtS. The number of aromatic nitrogens is 2. The van der Waals surface area contributed by atoms with Gasteiger partial charge in [-0.25, -0.2) is 0 Å². The molecule has 0 radical (unpaired) electrons. The van der Waals surface area contributed by atoms with E-state index in [0.717, 1.165) is 72.9 Å². The summed E-state index contributed by atoms with van der Waals surface area (Å²) < 4.78 is 0. The van der Waals surface area contributed by atoms with Crippen molar-refractivity contribution in [1.82, 2.24) is 9.97 Å². The Morgan fingerprint density at radius 3 is 2.15 bits per heavy atom. The zero-order chi connectivity index (χ0) is 35.3. The minimum absolute atomic E-state index is 0. The van der Waals surface area contributed by atoms with Gasteiger partial charge in [0.2, 0.25) is 0 Å². The molecule has 9 rings (SSSR count). The van der Waals surface area contributed by atoms with Gasteiger partial charge in [-0.3, -0.25) is 14.9 Å². The van der Waals surface area contributed by atoms with Gasteiger partial charge >= 0.3 is 21.1 Å². The number of anilines is 3. The van der Waals surface area contributed by atoms with E-state index in [1.807, 2.05) is 18.2 Å². The molecule has 0 N–H and O–H groups in total. The van der Waals surface area contributed by atoms with E-state index in [4.69, 9.17) is 9.97 Å². The first-order valence-electron chi connectivity index (χ1n) is 17.7. The second kappa shape index (κ2) is 14.3. The smallest absolute Gasteiger partial charge is 0.280 e. The van der Waals surface area contributed by atoms with Gasteiger partial charge in [0.05, 0.1) is 5.69 Å². The number of hydrogen-bond acceptors (Lipinski definition) is 3. The van der Waals surface area contributed by atoms with E-state index in [-0.39, 0.29) is 31.5 Å². The third-order valence-corrected chi connectivity index (χ3v) is 12.2. The first kappa shape index (κ1) is 34.9. The van der Waals surface area contributed by atoms with E-state index < -0.39 is 0 Å². The Morgan fingerprint density at radius 1 is 0.660 bits per heavy atom. The van der Waals surface area contributed by atoms with Crippen LogP contribution in [0.15, 0.2) is 140 Å². The molecule has 0 saturated carbocycles. The van der Waals surface area contributed by atoms with E-state index in [1.54, 1.807) is 0 Å². The van der Waals surface area contributed by atoms with E-state index in [1.165, 1.54) is 32.5 Å². The van der Waals surface area contributed by atoms with Gasteiger partial charge in [-0.1, -0.05) is 107 Å². The molecule has 3 heterocycles. The third-order valence-electron chi connectivity index (χ3n) is 10.3. The van der Waals surface area contributed by atoms with Gasteiger partial charge in [0.15, 0.2) is 0 Å². The number of nitrogens with zero attached hydrogens (tertiary/aromatic N) is 3. The molecule has 1 aliphatic rings. The maximum absolute atomic E-state index is 5.52. The molecule has 1 aliphatic heterocycles. The summed E-state index contributed by atoms with van der Waals surface area (Å²) in [5.74, 6) is 2.63. The first-order chi connectivity index (χ1) is 25.4. The molecule has 2 aromatic heterocycles. The molecule has 3 nitrogen and oxygen atoms in total. The van der Waals surface area contributed by atoms with Crippen molar-refractivity contribution in [2.75, 3.05) is 11.2 Å². The van der Waals surface area contributed by atoms with Gasteiger partial charge in [-0.2, -0.15) is 10.5 Å². The van der Waals surface area contributed by atoms with E-state index in [2.05, 4.69) is 165 Å². The standard InChI is InChI=1S/C48H37N3S.Pt/c1-31-26-38(34-16-7-5-8-17-34)27-32(2)48(31)51(45-29-37-21-12-14-23-40(37)47(50-45)35-18-9-6-10-19-35)44-25-15-24-43(49-44)41-28-36-20-11-13-22-39(36)46-33(3)52(4)30-42(41)46;/h5-18,20-27,29H,30H2,1-4H3;/q-2;+2. The quantitative estimate of drug-likeness (QED) is 0.123. The zero-order valence-corrected chi connectivity index (χ0v) is 33.1. The molecule has 260 valence electrons. The summed E-state index contributed by atoms with van der Waals surface area (Å²) in [5.41, 5.74) is 12.3. The van der Waals surface area contributed by atoms with Crippen LogP contribution in [0.5, 0.6) is 0 Å². The molecule has 53 heavy (non-hydrogen) atoms. The van der Waals surface area contributed by atoms with Gasteiger partial charge in [-0.15, -0.1) is 53.4 Å². The molecule has 0 fully saturated rings. The van der Waals surface area contributed by atoms with Crippen molar-refractivity contribution in [2.24, 2.45) is 0 Å². The predicted octanol–water partition coefficient (Wildman–Crippen LogP) is 12.4. The molecule has 5 heteroatoms. The average Bonchev–Trinajstić information content (AvgIpc) is 3.49. The fraction of sp³-hybridized carbons (Fsp3) is 0.104. The second-order valence-corrected chi connectivity index (χ2v) is 15.8. The second-order valence-electron chi connectivity index (χ2n) is 13.6. The number of rotatable bonds is 6. The SMILES string of the molecule is CC1=S(C)Cc2c(-c3cccc(N(c4cc5ccccc5c(-c5[c-]cccc5)n4)c4c(C)cc(-c5ccccc5)cc4C)n3)[c-]c3ccccc3c21.[Pt+2]. The van der Waals surface area contributed by atoms with Crippen molar-refractivity contribution in [1.29, 1.82) is 0 Å². The van der Waals surface area contributed by atoms with Crippen LogP contribution in [0.25, 0.3) is 55.2 Å². The molecule has 0 saturated heterocycles. The van der Waals surface area contributed by atoms with Crippen LogP contribution in [-0.2, 0) is 26.8 Å². The number of benzene rings is 6. The third kappa shape index (κ3) is 6.24. The normalized spacial score (nSPS) is 13.6. The first-order valence-corrected chi connectivity index (χ1v) is 19.5. The van der Waals surface area contributed by atoms with Crippen LogP contribution in [0.2, 0.25) is 0 Å². The zero-order valence-electron chi connectivity index (χ0n) is 30.1. The minimum atomic E-state index is 0. The molecule has 0 amide bonds. The number of aryl methyl sites for hydroxylation is 2. The summed E-state index contributed by atoms with van der Waals surface area (Å²) in [5, 5.41) is 4.61. The Hall–Kier alpha value is -5.15. The van der Waals surface area contributed by atoms with Crippen LogP contribution < -0.4 is 4.90 Å². The minimum Gasteiger partial charge on any atom is -0.280 e. The molecule has 6 aromatic carbocycles. The Labute approximate surface area is 328 Å². The van der Waals surface area contributed by atoms with Crippen LogP contribution in [0.4, 0.5) is 17.3 Å². The van der Waals surface area contributed by atoms with E-state index >= 15 is 0 Å². The van der Waals surface area contributed by atoms with Crippen LogP contribution in [0, 0.1) is 26.0 Å². The van der Waals surface area contributed by atoms with Gasteiger partial charge in [-0.05, 0) is 101 Å². The molecule has 0 bridgehead atoms. The molecule has 0 aliphatic carbocycles. The van der Waals surface area contributed by atoms with Crippen LogP contribution in [-0.4, -0.2) is 21.1 Å². The topological polar surface area (TPSA) is 29.0 Å². The summed E-state index contributed by atoms with van der Waals surface area (Å²) in [4.78, 5) is 14.7. The van der Waals surface area contributed by atoms with Gasteiger partial charge in [0.1, 0.15) is 11.6 Å². The monoisotopic (exact) mass is 882 g/mol. The summed E-state index contributed by atoms with van der Waals surface area (Å²) >= 11 is 0. The summed E-state index contributed by atoms with van der Waals surface area (Å²) in [7, 11) is 0.159. The molecule has 1 unspecified atom stereocenters. The van der Waals surface area contributed by atoms with Crippen molar-refractivity contribution in [3.8, 4) is 33.6 Å². The van der Waals surface area contributed by atoms with Crippen molar-refractivity contribution < 1.29 is 21.1 Å². The Kier molecular flexibility index (Phi) is 9.45. The number of fused-ring (bicyclic) bond motifs is 4. The van der Waals surface area contributed by atoms with Crippen LogP contribution in [0.1, 0.15) is 29.2 Å². The maximum Gasteiger partial charge on any atom is 2.00 e. The fourth-order valence-electron chi connectivity index (χ4n) is 7.76. The van der Waals surface area contributed by atoms with Crippen molar-refractivity contribution >= 4 is 54.2 Å². The number of pyridine rings is 2. The van der Waals surface area contributed by atoms with Gasteiger partial charge in [0, 0.05) is 5.69 Å². The van der Waals surface area contributed by atoms with Crippen LogP contribution in [0.3, 0.4) is 0 Å². The molecule has 1 atom stereocenters. The summed E-state index contributed by atoms with van der Waals surface area (Å²) in [6, 6.07) is 56.2. The number of hydrogen-bond donors (Lipinski definition) is 0. The fourth-order valence-corrected chi connectivity index (χ4v) is 9.28. The molecule has 8 aromatic rings. The largest absolute Gasteiger partial charge is 2.00 e. The van der Waals surface area contributed by atoms with E-state index in [9.17, 15) is 0 Å². The van der Waals surface area contributed by atoms with Crippen molar-refractivity contribution in [3.63, 3.8) is 0 Å². The van der Waals surface area contributed by atoms with Crippen LogP contribution >= 0.6 is 10.5 Å². The molecular weight excluding hydrogens is 846 g/mol. The maximum atomic E-state index is 5.52. The Balaban J connectivity index is 0.00000400. The summed E-state index contributed by atoms with van der Waals surface area (Å²) in [6.07, 6.45) is 2.36. The molecule has 0 spiro atoms. The van der Waals surface area contributed by atoms with Crippen molar-refractivity contribution in [3.05, 3.63) is 174 Å². The van der Waals surface area contributed by atoms with Crippen molar-refractivity contribution in [2.45, 2.75) is 26.5 Å². The summed E-state index contributed by atoms with van der Waals surface area (Å²) in [6.45, 7) is 6.70. The van der Waals surface area contributed by atoms with Gasteiger partial charge < -0.3 is 0 Å². The van der Waals surface area contributed by atoms with E-state index in [0.29, 0.717) is 0 Å². The average molecular weight is 883 g/mol. The van der Waals surface area contributed by atoms with Gasteiger partial charge in [0.25, 0.3) is 0 Å². The Morgan fingerprint density at radius 2 is 1.38 bits per heavy atom. The predicted molar refractivity (Wildman–Crippen MR) is 222 cm³/mol. The Bertz CT molecular complexity index is 2680.